The average molecular weight is 411 g/mol. The summed E-state index contributed by atoms with van der Waals surface area (Å²) in [5.41, 5.74) is 0.976. The highest BCUT2D eigenvalue weighted by molar-refractivity contribution is 7.89. The van der Waals surface area contributed by atoms with Crippen LogP contribution in [0.2, 0.25) is 0 Å². The van der Waals surface area contributed by atoms with Crippen LogP contribution in [-0.2, 0) is 14.8 Å². The van der Waals surface area contributed by atoms with Gasteiger partial charge in [-0.05, 0) is 38.0 Å². The van der Waals surface area contributed by atoms with Crippen molar-refractivity contribution in [2.45, 2.75) is 38.5 Å². The lowest BCUT2D eigenvalue weighted by Crippen LogP contribution is -2.37. The van der Waals surface area contributed by atoms with E-state index < -0.39 is 15.9 Å². The van der Waals surface area contributed by atoms with Crippen LogP contribution in [0.1, 0.15) is 44.0 Å². The number of amides is 2. The summed E-state index contributed by atoms with van der Waals surface area (Å²) in [6.07, 6.45) is 2.05. The molecule has 1 saturated heterocycles. The minimum atomic E-state index is -3.68. The standard InChI is InChI=1S/C19H30N4O4S/c1-4-20-18(24)14-21-19(25)16-13-15(28(26,27)23(5-2)6-3)9-10-17(16)22-11-7-8-12-22/h9-10,13H,4-8,11-12,14H2,1-3H3,(H,20,24)(H,21,25). The highest BCUT2D eigenvalue weighted by Gasteiger charge is 2.26. The first-order valence-electron chi connectivity index (χ1n) is 9.79. The minimum absolute atomic E-state index is 0.0855. The molecule has 0 aromatic heterocycles. The lowest BCUT2D eigenvalue weighted by atomic mass is 10.1. The lowest BCUT2D eigenvalue weighted by Gasteiger charge is -2.23. The Hall–Kier alpha value is -2.13. The van der Waals surface area contributed by atoms with E-state index in [0.29, 0.717) is 25.3 Å². The van der Waals surface area contributed by atoms with Crippen molar-refractivity contribution in [2.75, 3.05) is 44.2 Å². The van der Waals surface area contributed by atoms with Gasteiger partial charge in [-0.1, -0.05) is 13.8 Å². The Morgan fingerprint density at radius 2 is 1.71 bits per heavy atom. The fourth-order valence-corrected chi connectivity index (χ4v) is 4.80. The van der Waals surface area contributed by atoms with Crippen molar-refractivity contribution < 1.29 is 18.0 Å². The number of nitrogens with zero attached hydrogens (tertiary/aromatic N) is 2. The zero-order chi connectivity index (χ0) is 20.7. The van der Waals surface area contributed by atoms with E-state index in [4.69, 9.17) is 0 Å². The van der Waals surface area contributed by atoms with E-state index >= 15 is 0 Å². The SMILES string of the molecule is CCNC(=O)CNC(=O)c1cc(S(=O)(=O)N(CC)CC)ccc1N1CCCC1. The fourth-order valence-electron chi connectivity index (χ4n) is 3.32. The monoisotopic (exact) mass is 410 g/mol. The Kier molecular flexibility index (Phi) is 7.82. The highest BCUT2D eigenvalue weighted by Crippen LogP contribution is 2.28. The number of carbonyl (C=O) groups excluding carboxylic acids is 2. The summed E-state index contributed by atoms with van der Waals surface area (Å²) in [5.74, 6) is -0.741. The molecule has 0 atom stereocenters. The molecule has 0 saturated carbocycles. The molecule has 2 N–H and O–H groups in total. The average Bonchev–Trinajstić information content (AvgIpc) is 3.21. The number of hydrogen-bond acceptors (Lipinski definition) is 5. The fraction of sp³-hybridized carbons (Fsp3) is 0.579. The van der Waals surface area contributed by atoms with E-state index in [-0.39, 0.29) is 22.9 Å². The summed E-state index contributed by atoms with van der Waals surface area (Å²) >= 11 is 0. The lowest BCUT2D eigenvalue weighted by molar-refractivity contribution is -0.120. The molecule has 1 aliphatic rings. The van der Waals surface area contributed by atoms with Crippen molar-refractivity contribution in [3.05, 3.63) is 23.8 Å². The largest absolute Gasteiger partial charge is 0.371 e. The Labute approximate surface area is 167 Å². The highest BCUT2D eigenvalue weighted by atomic mass is 32.2. The van der Waals surface area contributed by atoms with E-state index in [1.807, 2.05) is 0 Å². The van der Waals surface area contributed by atoms with E-state index in [9.17, 15) is 18.0 Å². The number of hydrogen-bond donors (Lipinski definition) is 2. The molecule has 0 aliphatic carbocycles. The molecule has 1 heterocycles. The number of rotatable bonds is 9. The number of anilines is 1. The first-order valence-corrected chi connectivity index (χ1v) is 11.2. The zero-order valence-electron chi connectivity index (χ0n) is 16.8. The summed E-state index contributed by atoms with van der Waals surface area (Å²) in [7, 11) is -3.68. The Bertz CT molecular complexity index is 800. The van der Waals surface area contributed by atoms with Crippen molar-refractivity contribution in [3.8, 4) is 0 Å². The van der Waals surface area contributed by atoms with Gasteiger partial charge < -0.3 is 15.5 Å². The van der Waals surface area contributed by atoms with Gasteiger partial charge in [0.1, 0.15) is 0 Å². The second-order valence-corrected chi connectivity index (χ2v) is 8.54. The molecule has 1 fully saturated rings. The van der Waals surface area contributed by atoms with Crippen LogP contribution >= 0.6 is 0 Å². The van der Waals surface area contributed by atoms with Gasteiger partial charge in [-0.2, -0.15) is 4.31 Å². The van der Waals surface area contributed by atoms with Crippen molar-refractivity contribution >= 4 is 27.5 Å². The van der Waals surface area contributed by atoms with Gasteiger partial charge in [0.15, 0.2) is 0 Å². The Morgan fingerprint density at radius 3 is 2.29 bits per heavy atom. The molecule has 0 spiro atoms. The van der Waals surface area contributed by atoms with Crippen molar-refractivity contribution in [1.29, 1.82) is 0 Å². The molecule has 0 radical (unpaired) electrons. The molecule has 1 aromatic carbocycles. The van der Waals surface area contributed by atoms with Gasteiger partial charge in [0.05, 0.1) is 17.0 Å². The van der Waals surface area contributed by atoms with E-state index in [2.05, 4.69) is 15.5 Å². The normalized spacial score (nSPS) is 14.4. The molecule has 9 heteroatoms. The van der Waals surface area contributed by atoms with Crippen molar-refractivity contribution in [3.63, 3.8) is 0 Å². The smallest absolute Gasteiger partial charge is 0.253 e. The van der Waals surface area contributed by atoms with Crippen molar-refractivity contribution in [2.24, 2.45) is 0 Å². The quantitative estimate of drug-likeness (QED) is 0.637. The van der Waals surface area contributed by atoms with Crippen LogP contribution in [0.3, 0.4) is 0 Å². The number of likely N-dealkylation sites (N-methyl/N-ethyl adjacent to an activating group) is 1. The molecule has 156 valence electrons. The zero-order valence-corrected chi connectivity index (χ0v) is 17.6. The Balaban J connectivity index is 2.38. The number of benzene rings is 1. The molecule has 1 aliphatic heterocycles. The van der Waals surface area contributed by atoms with Gasteiger partial charge in [-0.25, -0.2) is 8.42 Å². The van der Waals surface area contributed by atoms with Gasteiger partial charge >= 0.3 is 0 Å². The first kappa shape index (κ1) is 22.2. The molecular weight excluding hydrogens is 380 g/mol. The Morgan fingerprint density at radius 1 is 1.07 bits per heavy atom. The molecule has 0 bridgehead atoms. The maximum Gasteiger partial charge on any atom is 0.253 e. The third kappa shape index (κ3) is 5.02. The molecule has 2 amide bonds. The number of sulfonamides is 1. The summed E-state index contributed by atoms with van der Waals surface area (Å²) in [5, 5.41) is 5.22. The van der Waals surface area contributed by atoms with Crippen LogP contribution < -0.4 is 15.5 Å². The maximum absolute atomic E-state index is 12.9. The number of carbonyl (C=O) groups is 2. The third-order valence-corrected chi connectivity index (χ3v) is 6.83. The van der Waals surface area contributed by atoms with Gasteiger partial charge in [-0.3, -0.25) is 9.59 Å². The van der Waals surface area contributed by atoms with E-state index in [0.717, 1.165) is 25.9 Å². The van der Waals surface area contributed by atoms with E-state index in [1.54, 1.807) is 32.9 Å². The van der Waals surface area contributed by atoms with Gasteiger partial charge in [0.25, 0.3) is 5.91 Å². The predicted molar refractivity (Wildman–Crippen MR) is 109 cm³/mol. The molecule has 8 nitrogen and oxygen atoms in total. The van der Waals surface area contributed by atoms with Gasteiger partial charge in [0, 0.05) is 38.4 Å². The van der Waals surface area contributed by atoms with Gasteiger partial charge in [-0.15, -0.1) is 0 Å². The van der Waals surface area contributed by atoms with Crippen LogP contribution in [-0.4, -0.2) is 63.8 Å². The van der Waals surface area contributed by atoms with Crippen LogP contribution in [0.15, 0.2) is 23.1 Å². The second kappa shape index (κ2) is 9.88. The molecule has 1 aromatic rings. The molecular formula is C19H30N4O4S. The summed E-state index contributed by atoms with van der Waals surface area (Å²) in [6, 6.07) is 4.68. The van der Waals surface area contributed by atoms with Crippen molar-refractivity contribution in [1.82, 2.24) is 14.9 Å². The predicted octanol–water partition coefficient (Wildman–Crippen LogP) is 1.18. The second-order valence-electron chi connectivity index (χ2n) is 6.60. The van der Waals surface area contributed by atoms with Crippen LogP contribution in [0.4, 0.5) is 5.69 Å². The number of nitrogens with one attached hydrogen (secondary N) is 2. The summed E-state index contributed by atoms with van der Waals surface area (Å²) < 4.78 is 27.1. The van der Waals surface area contributed by atoms with Crippen LogP contribution in [0, 0.1) is 0 Å². The molecule has 28 heavy (non-hydrogen) atoms. The maximum atomic E-state index is 12.9. The molecule has 2 rings (SSSR count). The van der Waals surface area contributed by atoms with E-state index in [1.165, 1.54) is 10.4 Å². The van der Waals surface area contributed by atoms with Crippen LogP contribution in [0.25, 0.3) is 0 Å². The third-order valence-electron chi connectivity index (χ3n) is 4.79. The minimum Gasteiger partial charge on any atom is -0.371 e. The summed E-state index contributed by atoms with van der Waals surface area (Å²) in [6.45, 7) is 8.02. The van der Waals surface area contributed by atoms with Crippen LogP contribution in [0.5, 0.6) is 0 Å². The summed E-state index contributed by atoms with van der Waals surface area (Å²) in [4.78, 5) is 26.6. The molecule has 0 unspecified atom stereocenters. The first-order chi connectivity index (χ1) is 13.3. The van der Waals surface area contributed by atoms with Gasteiger partial charge in [0.2, 0.25) is 15.9 Å². The topological polar surface area (TPSA) is 98.8 Å².